The quantitative estimate of drug-likeness (QED) is 0.108. The zero-order valence-corrected chi connectivity index (χ0v) is 23.5. The van der Waals surface area contributed by atoms with Crippen molar-refractivity contribution < 1.29 is 13.9 Å². The van der Waals surface area contributed by atoms with Crippen molar-refractivity contribution in [2.24, 2.45) is 0 Å². The molecule has 1 aromatic heterocycles. The number of unbranched alkanes of at least 4 members (excludes halogenated alkanes) is 8. The van der Waals surface area contributed by atoms with E-state index in [1.54, 1.807) is 12.1 Å². The van der Waals surface area contributed by atoms with Crippen molar-refractivity contribution in [1.29, 1.82) is 0 Å². The molecule has 0 aliphatic heterocycles. The van der Waals surface area contributed by atoms with Crippen LogP contribution in [0.4, 0.5) is 4.39 Å². The summed E-state index contributed by atoms with van der Waals surface area (Å²) in [5.41, 5.74) is 3.31. The van der Waals surface area contributed by atoms with Crippen LogP contribution in [-0.2, 0) is 11.2 Å². The maximum Gasteiger partial charge on any atom is 0.348 e. The number of hydrogen-bond donors (Lipinski definition) is 0. The predicted octanol–water partition coefficient (Wildman–Crippen LogP) is 9.92. The number of pyridine rings is 1. The maximum absolute atomic E-state index is 14.9. The summed E-state index contributed by atoms with van der Waals surface area (Å²) in [6, 6.07) is 19.7. The standard InChI is InChI=1S/C34H44FNO2/c1-4-6-8-10-11-12-16-27-19-24-32(36-26-27)31-18-14-13-17-30(31)28-20-22-29(23-21-28)38-33(37)34(3,35)25-15-9-7-5-2/h13-14,17-24,26H,4-12,15-16,25H2,1-3H3. The lowest BCUT2D eigenvalue weighted by atomic mass is 9.96. The fourth-order valence-electron chi connectivity index (χ4n) is 4.70. The number of benzene rings is 2. The zero-order valence-electron chi connectivity index (χ0n) is 23.5. The number of aryl methyl sites for hydroxylation is 1. The smallest absolute Gasteiger partial charge is 0.348 e. The summed E-state index contributed by atoms with van der Waals surface area (Å²) >= 11 is 0. The fraction of sp³-hybridized carbons (Fsp3) is 0.471. The summed E-state index contributed by atoms with van der Waals surface area (Å²) in [6.45, 7) is 5.67. The van der Waals surface area contributed by atoms with E-state index < -0.39 is 11.6 Å². The molecule has 3 rings (SSSR count). The van der Waals surface area contributed by atoms with Gasteiger partial charge in [0.2, 0.25) is 5.67 Å². The van der Waals surface area contributed by atoms with Crippen molar-refractivity contribution >= 4 is 5.97 Å². The lowest BCUT2D eigenvalue weighted by Gasteiger charge is -2.18. The van der Waals surface area contributed by atoms with Crippen LogP contribution >= 0.6 is 0 Å². The Morgan fingerprint density at radius 2 is 1.42 bits per heavy atom. The van der Waals surface area contributed by atoms with Gasteiger partial charge in [-0.05, 0) is 67.5 Å². The molecular formula is C34H44FNO2. The number of aromatic nitrogens is 1. The van der Waals surface area contributed by atoms with Crippen LogP contribution in [0.1, 0.15) is 97.0 Å². The van der Waals surface area contributed by atoms with Crippen LogP contribution in [0.25, 0.3) is 22.4 Å². The molecule has 0 bridgehead atoms. The van der Waals surface area contributed by atoms with E-state index in [0.717, 1.165) is 48.1 Å². The van der Waals surface area contributed by atoms with Crippen molar-refractivity contribution in [2.75, 3.05) is 0 Å². The highest BCUT2D eigenvalue weighted by atomic mass is 19.1. The Hall–Kier alpha value is -3.01. The molecule has 204 valence electrons. The highest BCUT2D eigenvalue weighted by Gasteiger charge is 2.34. The number of alkyl halides is 1. The number of hydrogen-bond acceptors (Lipinski definition) is 3. The van der Waals surface area contributed by atoms with Crippen LogP contribution in [0.3, 0.4) is 0 Å². The Kier molecular flexibility index (Phi) is 12.0. The lowest BCUT2D eigenvalue weighted by Crippen LogP contribution is -2.34. The van der Waals surface area contributed by atoms with Crippen LogP contribution in [0.5, 0.6) is 5.75 Å². The van der Waals surface area contributed by atoms with Gasteiger partial charge in [0.15, 0.2) is 0 Å². The molecule has 4 heteroatoms. The number of rotatable bonds is 16. The van der Waals surface area contributed by atoms with E-state index in [1.165, 1.54) is 51.0 Å². The normalized spacial score (nSPS) is 12.7. The second kappa shape index (κ2) is 15.4. The lowest BCUT2D eigenvalue weighted by molar-refractivity contribution is -0.147. The minimum absolute atomic E-state index is 0.183. The number of carbonyl (C=O) groups excluding carboxylic acids is 1. The highest BCUT2D eigenvalue weighted by Crippen LogP contribution is 2.32. The van der Waals surface area contributed by atoms with Gasteiger partial charge in [0, 0.05) is 11.8 Å². The van der Waals surface area contributed by atoms with Crippen LogP contribution < -0.4 is 4.74 Å². The molecule has 1 heterocycles. The minimum atomic E-state index is -1.98. The summed E-state index contributed by atoms with van der Waals surface area (Å²) in [5.74, 6) is -0.474. The van der Waals surface area contributed by atoms with E-state index in [1.807, 2.05) is 30.5 Å². The third kappa shape index (κ3) is 9.08. The van der Waals surface area contributed by atoms with Crippen molar-refractivity contribution in [1.82, 2.24) is 4.98 Å². The summed E-state index contributed by atoms with van der Waals surface area (Å²) in [6.07, 6.45) is 14.7. The predicted molar refractivity (Wildman–Crippen MR) is 156 cm³/mol. The molecule has 0 aliphatic rings. The molecule has 1 unspecified atom stereocenters. The molecule has 0 spiro atoms. The molecule has 0 fully saturated rings. The van der Waals surface area contributed by atoms with Crippen LogP contribution in [-0.4, -0.2) is 16.6 Å². The van der Waals surface area contributed by atoms with E-state index in [9.17, 15) is 9.18 Å². The van der Waals surface area contributed by atoms with E-state index in [4.69, 9.17) is 9.72 Å². The first-order valence-corrected chi connectivity index (χ1v) is 14.5. The van der Waals surface area contributed by atoms with E-state index in [0.29, 0.717) is 12.2 Å². The number of esters is 1. The molecule has 2 aromatic carbocycles. The van der Waals surface area contributed by atoms with Gasteiger partial charge in [-0.15, -0.1) is 0 Å². The summed E-state index contributed by atoms with van der Waals surface area (Å²) in [5, 5.41) is 0. The van der Waals surface area contributed by atoms with Gasteiger partial charge >= 0.3 is 5.97 Å². The Labute approximate surface area is 228 Å². The van der Waals surface area contributed by atoms with E-state index >= 15 is 0 Å². The van der Waals surface area contributed by atoms with Crippen LogP contribution in [0, 0.1) is 0 Å². The summed E-state index contributed by atoms with van der Waals surface area (Å²) < 4.78 is 20.2. The average molecular weight is 518 g/mol. The molecule has 3 nitrogen and oxygen atoms in total. The summed E-state index contributed by atoms with van der Waals surface area (Å²) in [4.78, 5) is 17.2. The SMILES string of the molecule is CCCCCCCCc1ccc(-c2ccccc2-c2ccc(OC(=O)C(C)(F)CCCCCC)cc2)nc1. The molecule has 0 amide bonds. The van der Waals surface area contributed by atoms with Gasteiger partial charge in [-0.25, -0.2) is 9.18 Å². The monoisotopic (exact) mass is 517 g/mol. The van der Waals surface area contributed by atoms with Gasteiger partial charge in [0.05, 0.1) is 5.69 Å². The number of carbonyl (C=O) groups is 1. The topological polar surface area (TPSA) is 39.2 Å². The van der Waals surface area contributed by atoms with Gasteiger partial charge in [-0.3, -0.25) is 4.98 Å². The second-order valence-corrected chi connectivity index (χ2v) is 10.5. The first-order valence-electron chi connectivity index (χ1n) is 14.5. The van der Waals surface area contributed by atoms with Crippen LogP contribution in [0.2, 0.25) is 0 Å². The maximum atomic E-state index is 14.9. The van der Waals surface area contributed by atoms with Crippen molar-refractivity contribution in [3.63, 3.8) is 0 Å². The third-order valence-electron chi connectivity index (χ3n) is 7.15. The first-order chi connectivity index (χ1) is 18.4. The Morgan fingerprint density at radius 1 is 0.789 bits per heavy atom. The van der Waals surface area contributed by atoms with E-state index in [-0.39, 0.29) is 6.42 Å². The fourth-order valence-corrected chi connectivity index (χ4v) is 4.70. The third-order valence-corrected chi connectivity index (χ3v) is 7.15. The summed E-state index contributed by atoms with van der Waals surface area (Å²) in [7, 11) is 0. The molecule has 0 saturated heterocycles. The van der Waals surface area contributed by atoms with Crippen molar-refractivity contribution in [2.45, 2.75) is 103 Å². The average Bonchev–Trinajstić information content (AvgIpc) is 2.94. The molecule has 38 heavy (non-hydrogen) atoms. The molecule has 0 N–H and O–H groups in total. The van der Waals surface area contributed by atoms with Gasteiger partial charge in [-0.1, -0.05) is 108 Å². The van der Waals surface area contributed by atoms with Gasteiger partial charge < -0.3 is 4.74 Å². The molecule has 0 saturated carbocycles. The Morgan fingerprint density at radius 3 is 2.08 bits per heavy atom. The van der Waals surface area contributed by atoms with Crippen molar-refractivity contribution in [3.8, 4) is 28.1 Å². The Balaban J connectivity index is 1.62. The number of ether oxygens (including phenoxy) is 1. The van der Waals surface area contributed by atoms with Crippen LogP contribution in [0.15, 0.2) is 66.9 Å². The number of halogens is 1. The zero-order chi connectivity index (χ0) is 27.2. The van der Waals surface area contributed by atoms with Gasteiger partial charge in [-0.2, -0.15) is 0 Å². The largest absolute Gasteiger partial charge is 0.424 e. The van der Waals surface area contributed by atoms with Gasteiger partial charge in [0.1, 0.15) is 5.75 Å². The minimum Gasteiger partial charge on any atom is -0.424 e. The first kappa shape index (κ1) is 29.5. The van der Waals surface area contributed by atoms with Gasteiger partial charge in [0.25, 0.3) is 0 Å². The van der Waals surface area contributed by atoms with E-state index in [2.05, 4.69) is 38.1 Å². The highest BCUT2D eigenvalue weighted by molar-refractivity contribution is 5.83. The van der Waals surface area contributed by atoms with Crippen molar-refractivity contribution in [3.05, 3.63) is 72.4 Å². The molecule has 3 aromatic rings. The second-order valence-electron chi connectivity index (χ2n) is 10.5. The number of nitrogens with zero attached hydrogens (tertiary/aromatic N) is 1. The molecule has 1 atom stereocenters. The molecule has 0 aliphatic carbocycles. The Bertz CT molecular complexity index is 1110. The molecular weight excluding hydrogens is 473 g/mol. The molecule has 0 radical (unpaired) electrons.